The minimum absolute atomic E-state index is 0.320. The number of nitrogens with one attached hydrogen (secondary N) is 1. The van der Waals surface area contributed by atoms with Crippen molar-refractivity contribution in [3.05, 3.63) is 70.4 Å². The van der Waals surface area contributed by atoms with Gasteiger partial charge in [-0.3, -0.25) is 4.79 Å². The lowest BCUT2D eigenvalue weighted by atomic mass is 10.2. The van der Waals surface area contributed by atoms with Crippen molar-refractivity contribution in [3.8, 4) is 11.5 Å². The van der Waals surface area contributed by atoms with Crippen LogP contribution in [0.15, 0.2) is 53.4 Å². The Bertz CT molecular complexity index is 851. The molecule has 1 amide bonds. The first kappa shape index (κ1) is 16.9. The Morgan fingerprint density at radius 3 is 2.68 bits per heavy atom. The fourth-order valence-electron chi connectivity index (χ4n) is 2.13. The van der Waals surface area contributed by atoms with Crippen molar-refractivity contribution in [2.45, 2.75) is 6.61 Å². The van der Waals surface area contributed by atoms with Gasteiger partial charge in [0.15, 0.2) is 11.5 Å². The van der Waals surface area contributed by atoms with Gasteiger partial charge in [0.05, 0.1) is 18.3 Å². The van der Waals surface area contributed by atoms with E-state index in [0.29, 0.717) is 29.4 Å². The van der Waals surface area contributed by atoms with Crippen LogP contribution >= 0.6 is 11.3 Å². The Kier molecular flexibility index (Phi) is 5.25. The van der Waals surface area contributed by atoms with Gasteiger partial charge in [-0.2, -0.15) is 0 Å². The van der Waals surface area contributed by atoms with Gasteiger partial charge in [0, 0.05) is 16.6 Å². The summed E-state index contributed by atoms with van der Waals surface area (Å²) in [6.45, 7) is 0.320. The summed E-state index contributed by atoms with van der Waals surface area (Å²) in [6.07, 6.45) is 0. The molecule has 0 aliphatic carbocycles. The third kappa shape index (κ3) is 4.33. The van der Waals surface area contributed by atoms with Crippen molar-refractivity contribution < 1.29 is 18.7 Å². The van der Waals surface area contributed by atoms with Crippen LogP contribution < -0.4 is 14.8 Å². The first-order chi connectivity index (χ1) is 12.2. The van der Waals surface area contributed by atoms with Gasteiger partial charge in [0.1, 0.15) is 12.4 Å². The average molecular weight is 358 g/mol. The van der Waals surface area contributed by atoms with Crippen molar-refractivity contribution in [3.63, 3.8) is 0 Å². The Hall–Kier alpha value is -2.93. The molecular formula is C18H15FN2O3S. The van der Waals surface area contributed by atoms with Crippen LogP contribution in [0.1, 0.15) is 16.1 Å². The number of halogens is 1. The number of ether oxygens (including phenoxy) is 2. The summed E-state index contributed by atoms with van der Waals surface area (Å²) >= 11 is 1.49. The molecule has 0 radical (unpaired) electrons. The topological polar surface area (TPSA) is 60.5 Å². The number of aromatic nitrogens is 1. The number of hydrogen-bond acceptors (Lipinski definition) is 5. The molecule has 0 unspecified atom stereocenters. The van der Waals surface area contributed by atoms with Gasteiger partial charge in [-0.15, -0.1) is 11.3 Å². The Labute approximate surface area is 148 Å². The molecule has 128 valence electrons. The van der Waals surface area contributed by atoms with Crippen molar-refractivity contribution in [1.82, 2.24) is 4.98 Å². The van der Waals surface area contributed by atoms with E-state index < -0.39 is 0 Å². The van der Waals surface area contributed by atoms with E-state index in [1.165, 1.54) is 42.7 Å². The van der Waals surface area contributed by atoms with Gasteiger partial charge in [0.2, 0.25) is 0 Å². The molecule has 0 bridgehead atoms. The predicted octanol–water partition coefficient (Wildman–Crippen LogP) is 4.12. The van der Waals surface area contributed by atoms with Gasteiger partial charge in [-0.25, -0.2) is 9.37 Å². The molecule has 2 aromatic carbocycles. The minimum atomic E-state index is -0.360. The molecule has 0 spiro atoms. The highest BCUT2D eigenvalue weighted by Crippen LogP contribution is 2.29. The largest absolute Gasteiger partial charge is 0.493 e. The van der Waals surface area contributed by atoms with Gasteiger partial charge in [0.25, 0.3) is 5.91 Å². The molecule has 5 nitrogen and oxygen atoms in total. The Balaban J connectivity index is 1.71. The fourth-order valence-corrected chi connectivity index (χ4v) is 2.67. The molecule has 7 heteroatoms. The second-order valence-electron chi connectivity index (χ2n) is 5.10. The van der Waals surface area contributed by atoms with E-state index in [0.717, 1.165) is 5.69 Å². The molecule has 0 aliphatic heterocycles. The van der Waals surface area contributed by atoms with Crippen molar-refractivity contribution in [2.75, 3.05) is 12.4 Å². The van der Waals surface area contributed by atoms with E-state index in [1.54, 1.807) is 23.7 Å². The molecule has 0 saturated heterocycles. The van der Waals surface area contributed by atoms with Crippen LogP contribution in [0.2, 0.25) is 0 Å². The second-order valence-corrected chi connectivity index (χ2v) is 5.81. The van der Waals surface area contributed by atoms with Gasteiger partial charge >= 0.3 is 0 Å². The van der Waals surface area contributed by atoms with Crippen LogP contribution in [-0.4, -0.2) is 18.0 Å². The standard InChI is InChI=1S/C18H15FN2O3S/c1-23-17-8-12(18(22)21-14-5-3-13(19)4-6-14)2-7-16(17)24-9-15-10-25-11-20-15/h2-8,10-11H,9H2,1H3,(H,21,22). The lowest BCUT2D eigenvalue weighted by molar-refractivity contribution is 0.102. The summed E-state index contributed by atoms with van der Waals surface area (Å²) in [4.78, 5) is 16.5. The molecule has 1 aromatic heterocycles. The minimum Gasteiger partial charge on any atom is -0.493 e. The number of benzene rings is 2. The van der Waals surface area contributed by atoms with Crippen molar-refractivity contribution in [1.29, 1.82) is 0 Å². The molecule has 1 heterocycles. The Morgan fingerprint density at radius 2 is 2.00 bits per heavy atom. The smallest absolute Gasteiger partial charge is 0.255 e. The lowest BCUT2D eigenvalue weighted by Crippen LogP contribution is -2.12. The number of anilines is 1. The number of carbonyl (C=O) groups excluding carboxylic acids is 1. The maximum absolute atomic E-state index is 12.9. The number of amides is 1. The number of carbonyl (C=O) groups is 1. The summed E-state index contributed by atoms with van der Waals surface area (Å²) < 4.78 is 23.9. The van der Waals surface area contributed by atoms with Gasteiger partial charge in [-0.1, -0.05) is 0 Å². The van der Waals surface area contributed by atoms with Crippen molar-refractivity contribution in [2.24, 2.45) is 0 Å². The predicted molar refractivity (Wildman–Crippen MR) is 93.8 cm³/mol. The third-order valence-electron chi connectivity index (χ3n) is 3.39. The van der Waals surface area contributed by atoms with E-state index >= 15 is 0 Å². The highest BCUT2D eigenvalue weighted by atomic mass is 32.1. The SMILES string of the molecule is COc1cc(C(=O)Nc2ccc(F)cc2)ccc1OCc1cscn1. The highest BCUT2D eigenvalue weighted by molar-refractivity contribution is 7.07. The summed E-state index contributed by atoms with van der Waals surface area (Å²) in [5.74, 6) is 0.285. The first-order valence-corrected chi connectivity index (χ1v) is 8.35. The van der Waals surface area contributed by atoms with Crippen molar-refractivity contribution >= 4 is 22.9 Å². The molecule has 0 atom stereocenters. The molecule has 0 aliphatic rings. The van der Waals surface area contributed by atoms with E-state index in [1.807, 2.05) is 5.38 Å². The van der Waals surface area contributed by atoms with E-state index in [2.05, 4.69) is 10.3 Å². The van der Waals surface area contributed by atoms with E-state index in [-0.39, 0.29) is 11.7 Å². The normalized spacial score (nSPS) is 10.3. The Morgan fingerprint density at radius 1 is 1.20 bits per heavy atom. The maximum atomic E-state index is 12.9. The number of hydrogen-bond donors (Lipinski definition) is 1. The summed E-state index contributed by atoms with van der Waals surface area (Å²) in [5.41, 5.74) is 3.47. The third-order valence-corrected chi connectivity index (χ3v) is 4.02. The molecular weight excluding hydrogens is 343 g/mol. The van der Waals surface area contributed by atoms with Crippen LogP contribution in [0.5, 0.6) is 11.5 Å². The zero-order valence-electron chi connectivity index (χ0n) is 13.4. The number of nitrogens with zero attached hydrogens (tertiary/aromatic N) is 1. The first-order valence-electron chi connectivity index (χ1n) is 7.40. The van der Waals surface area contributed by atoms with Crippen LogP contribution in [0, 0.1) is 5.82 Å². The van der Waals surface area contributed by atoms with Gasteiger partial charge < -0.3 is 14.8 Å². The number of methoxy groups -OCH3 is 1. The molecule has 1 N–H and O–H groups in total. The summed E-state index contributed by atoms with van der Waals surface area (Å²) in [6, 6.07) is 10.5. The summed E-state index contributed by atoms with van der Waals surface area (Å²) in [7, 11) is 1.51. The maximum Gasteiger partial charge on any atom is 0.255 e. The highest BCUT2D eigenvalue weighted by Gasteiger charge is 2.12. The molecule has 0 fully saturated rings. The van der Waals surface area contributed by atoms with Crippen LogP contribution in [0.3, 0.4) is 0 Å². The lowest BCUT2D eigenvalue weighted by Gasteiger charge is -2.12. The fraction of sp³-hybridized carbons (Fsp3) is 0.111. The van der Waals surface area contributed by atoms with E-state index in [4.69, 9.17) is 9.47 Å². The van der Waals surface area contributed by atoms with Crippen LogP contribution in [-0.2, 0) is 6.61 Å². The number of rotatable bonds is 6. The number of thiazole rings is 1. The van der Waals surface area contributed by atoms with Gasteiger partial charge in [-0.05, 0) is 42.5 Å². The average Bonchev–Trinajstić information content (AvgIpc) is 3.15. The van der Waals surface area contributed by atoms with Crippen LogP contribution in [0.4, 0.5) is 10.1 Å². The monoisotopic (exact) mass is 358 g/mol. The molecule has 0 saturated carbocycles. The summed E-state index contributed by atoms with van der Waals surface area (Å²) in [5, 5.41) is 4.60. The molecule has 3 aromatic rings. The second kappa shape index (κ2) is 7.76. The van der Waals surface area contributed by atoms with Crippen LogP contribution in [0.25, 0.3) is 0 Å². The zero-order valence-corrected chi connectivity index (χ0v) is 14.2. The van der Waals surface area contributed by atoms with E-state index in [9.17, 15) is 9.18 Å². The zero-order chi connectivity index (χ0) is 17.6. The quantitative estimate of drug-likeness (QED) is 0.720. The molecule has 3 rings (SSSR count). The molecule has 25 heavy (non-hydrogen) atoms.